The van der Waals surface area contributed by atoms with Crippen LogP contribution in [0.25, 0.3) is 0 Å². The van der Waals surface area contributed by atoms with Gasteiger partial charge in [-0.1, -0.05) is 0 Å². The number of rotatable bonds is 7. The number of hydrogen-bond donors (Lipinski definition) is 2. The van der Waals surface area contributed by atoms with Crippen LogP contribution in [0.1, 0.15) is 19.8 Å². The zero-order chi connectivity index (χ0) is 11.3. The first-order valence-electron chi connectivity index (χ1n) is 5.33. The average molecular weight is 236 g/mol. The number of nitrogens with one attached hydrogen (secondary N) is 2. The summed E-state index contributed by atoms with van der Waals surface area (Å²) >= 11 is 0. The lowest BCUT2D eigenvalue weighted by Crippen LogP contribution is -2.48. The van der Waals surface area contributed by atoms with E-state index in [1.807, 2.05) is 6.92 Å². The van der Waals surface area contributed by atoms with Gasteiger partial charge in [0.2, 0.25) is 10.0 Å². The van der Waals surface area contributed by atoms with Gasteiger partial charge in [-0.3, -0.25) is 0 Å². The van der Waals surface area contributed by atoms with Crippen LogP contribution in [-0.2, 0) is 14.8 Å². The van der Waals surface area contributed by atoms with Crippen LogP contribution in [0.4, 0.5) is 0 Å². The van der Waals surface area contributed by atoms with E-state index in [1.54, 1.807) is 7.05 Å². The molecule has 90 valence electrons. The number of ether oxygens (including phenoxy) is 1. The number of sulfonamides is 1. The van der Waals surface area contributed by atoms with Crippen molar-refractivity contribution in [2.45, 2.75) is 31.9 Å². The van der Waals surface area contributed by atoms with Crippen molar-refractivity contribution in [1.82, 2.24) is 10.0 Å². The molecule has 0 aliphatic heterocycles. The highest BCUT2D eigenvalue weighted by Crippen LogP contribution is 2.23. The Kier molecular flexibility index (Phi) is 4.98. The molecule has 15 heavy (non-hydrogen) atoms. The Bertz CT molecular complexity index is 273. The summed E-state index contributed by atoms with van der Waals surface area (Å²) in [5.41, 5.74) is 0. The minimum atomic E-state index is -3.11. The number of hydrogen-bond acceptors (Lipinski definition) is 4. The van der Waals surface area contributed by atoms with Gasteiger partial charge in [0, 0.05) is 19.2 Å². The Labute approximate surface area is 91.6 Å². The molecule has 0 radical (unpaired) electrons. The lowest BCUT2D eigenvalue weighted by Gasteiger charge is -2.35. The molecule has 5 nitrogen and oxygen atoms in total. The zero-order valence-electron chi connectivity index (χ0n) is 9.32. The maximum Gasteiger partial charge on any atom is 0.213 e. The van der Waals surface area contributed by atoms with Crippen molar-refractivity contribution in [3.8, 4) is 0 Å². The second-order valence-electron chi connectivity index (χ2n) is 3.79. The van der Waals surface area contributed by atoms with Crippen molar-refractivity contribution in [2.75, 3.05) is 26.0 Å². The van der Waals surface area contributed by atoms with Crippen LogP contribution < -0.4 is 10.0 Å². The molecule has 0 aromatic rings. The van der Waals surface area contributed by atoms with E-state index in [9.17, 15) is 8.42 Å². The fourth-order valence-corrected chi connectivity index (χ4v) is 2.87. The summed E-state index contributed by atoms with van der Waals surface area (Å²) in [6.07, 6.45) is 1.84. The van der Waals surface area contributed by atoms with E-state index in [0.29, 0.717) is 13.2 Å². The minimum Gasteiger partial charge on any atom is -0.378 e. The van der Waals surface area contributed by atoms with Crippen LogP contribution >= 0.6 is 0 Å². The average Bonchev–Trinajstić information content (AvgIpc) is 2.11. The van der Waals surface area contributed by atoms with Crippen molar-refractivity contribution in [1.29, 1.82) is 0 Å². The maximum atomic E-state index is 11.5. The SMILES string of the molecule is CCOC1CC(NS(=O)(=O)CCNC)C1. The topological polar surface area (TPSA) is 67.4 Å². The molecular weight excluding hydrogens is 216 g/mol. The molecule has 0 aromatic heterocycles. The molecule has 2 N–H and O–H groups in total. The molecule has 1 fully saturated rings. The maximum absolute atomic E-state index is 11.5. The smallest absolute Gasteiger partial charge is 0.213 e. The molecule has 1 aliphatic rings. The van der Waals surface area contributed by atoms with Crippen molar-refractivity contribution in [3.63, 3.8) is 0 Å². The molecule has 0 heterocycles. The molecule has 0 spiro atoms. The molecule has 0 bridgehead atoms. The highest BCUT2D eigenvalue weighted by Gasteiger charge is 2.32. The fourth-order valence-electron chi connectivity index (χ4n) is 1.58. The summed E-state index contributed by atoms with van der Waals surface area (Å²) in [6, 6.07) is 0.0726. The zero-order valence-corrected chi connectivity index (χ0v) is 10.1. The van der Waals surface area contributed by atoms with E-state index in [0.717, 1.165) is 12.8 Å². The summed E-state index contributed by atoms with van der Waals surface area (Å²) in [4.78, 5) is 0. The Hall–Kier alpha value is -0.170. The van der Waals surface area contributed by atoms with Crippen molar-refractivity contribution in [2.24, 2.45) is 0 Å². The molecule has 0 unspecified atom stereocenters. The van der Waals surface area contributed by atoms with Crippen molar-refractivity contribution < 1.29 is 13.2 Å². The monoisotopic (exact) mass is 236 g/mol. The Morgan fingerprint density at radius 2 is 2.07 bits per heavy atom. The first kappa shape index (κ1) is 12.9. The van der Waals surface area contributed by atoms with Crippen LogP contribution in [0.5, 0.6) is 0 Å². The summed E-state index contributed by atoms with van der Waals surface area (Å²) in [6.45, 7) is 3.13. The van der Waals surface area contributed by atoms with E-state index in [1.165, 1.54) is 0 Å². The molecule has 1 rings (SSSR count). The Morgan fingerprint density at radius 1 is 1.40 bits per heavy atom. The van der Waals surface area contributed by atoms with Crippen molar-refractivity contribution in [3.05, 3.63) is 0 Å². The second kappa shape index (κ2) is 5.79. The Balaban J connectivity index is 2.20. The van der Waals surface area contributed by atoms with Gasteiger partial charge in [0.05, 0.1) is 11.9 Å². The van der Waals surface area contributed by atoms with Crippen LogP contribution in [0.2, 0.25) is 0 Å². The highest BCUT2D eigenvalue weighted by molar-refractivity contribution is 7.89. The van der Waals surface area contributed by atoms with Crippen molar-refractivity contribution >= 4 is 10.0 Å². The first-order chi connectivity index (χ1) is 7.07. The molecule has 0 atom stereocenters. The lowest BCUT2D eigenvalue weighted by atomic mass is 9.90. The van der Waals surface area contributed by atoms with Crippen LogP contribution in [0.15, 0.2) is 0 Å². The summed E-state index contributed by atoms with van der Waals surface area (Å²) in [5.74, 6) is 0.138. The minimum absolute atomic E-state index is 0.0726. The summed E-state index contributed by atoms with van der Waals surface area (Å²) < 4.78 is 31.0. The normalized spacial score (nSPS) is 26.3. The van der Waals surface area contributed by atoms with Gasteiger partial charge in [-0.25, -0.2) is 13.1 Å². The van der Waals surface area contributed by atoms with Crippen LogP contribution in [-0.4, -0.2) is 46.5 Å². The summed E-state index contributed by atoms with van der Waals surface area (Å²) in [7, 11) is -1.37. The largest absolute Gasteiger partial charge is 0.378 e. The first-order valence-corrected chi connectivity index (χ1v) is 6.99. The van der Waals surface area contributed by atoms with E-state index in [4.69, 9.17) is 4.74 Å². The third kappa shape index (κ3) is 4.46. The van der Waals surface area contributed by atoms with Gasteiger partial charge in [0.15, 0.2) is 0 Å². The third-order valence-corrected chi connectivity index (χ3v) is 3.90. The molecular formula is C9H20N2O3S. The van der Waals surface area contributed by atoms with E-state index < -0.39 is 10.0 Å². The molecule has 1 saturated carbocycles. The van der Waals surface area contributed by atoms with E-state index in [-0.39, 0.29) is 17.9 Å². The molecule has 0 saturated heterocycles. The predicted octanol–water partition coefficient (Wildman–Crippen LogP) is -0.307. The quantitative estimate of drug-likeness (QED) is 0.636. The molecule has 6 heteroatoms. The van der Waals surface area contributed by atoms with Crippen LogP contribution in [0.3, 0.4) is 0 Å². The van der Waals surface area contributed by atoms with Crippen LogP contribution in [0, 0.1) is 0 Å². The van der Waals surface area contributed by atoms with Gasteiger partial charge in [0.25, 0.3) is 0 Å². The van der Waals surface area contributed by atoms with Gasteiger partial charge in [-0.05, 0) is 26.8 Å². The Morgan fingerprint density at radius 3 is 2.60 bits per heavy atom. The van der Waals surface area contributed by atoms with Gasteiger partial charge < -0.3 is 10.1 Å². The molecule has 0 aromatic carbocycles. The van der Waals surface area contributed by atoms with E-state index in [2.05, 4.69) is 10.0 Å². The van der Waals surface area contributed by atoms with Gasteiger partial charge >= 0.3 is 0 Å². The lowest BCUT2D eigenvalue weighted by molar-refractivity contribution is -0.00475. The molecule has 1 aliphatic carbocycles. The van der Waals surface area contributed by atoms with Gasteiger partial charge in [0.1, 0.15) is 0 Å². The van der Waals surface area contributed by atoms with E-state index >= 15 is 0 Å². The summed E-state index contributed by atoms with van der Waals surface area (Å²) in [5, 5.41) is 2.82. The molecule has 0 amide bonds. The predicted molar refractivity (Wildman–Crippen MR) is 59.3 cm³/mol. The highest BCUT2D eigenvalue weighted by atomic mass is 32.2. The standard InChI is InChI=1S/C9H20N2O3S/c1-3-14-9-6-8(7-9)11-15(12,13)5-4-10-2/h8-11H,3-7H2,1-2H3. The third-order valence-electron chi connectivity index (χ3n) is 2.46. The van der Waals surface area contributed by atoms with Gasteiger partial charge in [-0.2, -0.15) is 0 Å². The van der Waals surface area contributed by atoms with Gasteiger partial charge in [-0.15, -0.1) is 0 Å². The second-order valence-corrected chi connectivity index (χ2v) is 5.66. The fraction of sp³-hybridized carbons (Fsp3) is 1.00.